The third-order valence-corrected chi connectivity index (χ3v) is 14.4. The summed E-state index contributed by atoms with van der Waals surface area (Å²) >= 11 is 0. The van der Waals surface area contributed by atoms with Crippen LogP contribution in [-0.2, 0) is 44.9 Å². The van der Waals surface area contributed by atoms with Crippen LogP contribution in [0.5, 0.6) is 51.7 Å². The van der Waals surface area contributed by atoms with Crippen LogP contribution in [0.25, 0.3) is 0 Å². The van der Waals surface area contributed by atoms with Crippen LogP contribution >= 0.6 is 0 Å². The Hall–Kier alpha value is -8.29. The minimum atomic E-state index is -1.86. The number of aliphatic hydroxyl groups excluding tert-OH is 4. The third kappa shape index (κ3) is 10.3. The average molecular weight is 1090 g/mol. The van der Waals surface area contributed by atoms with Gasteiger partial charge in [-0.2, -0.15) is 0 Å². The molecule has 78 heavy (non-hydrogen) atoms. The fourth-order valence-corrected chi connectivity index (χ4v) is 9.91. The summed E-state index contributed by atoms with van der Waals surface area (Å²) in [6.45, 7) is 13.0. The molecule has 13 N–H and O–H groups in total. The molecule has 0 atom stereocenters. The number of phenolic OH excluding ortho intramolecular Hbond substituents is 9. The molecule has 3 aromatic rings. The van der Waals surface area contributed by atoms with Crippen molar-refractivity contribution in [1.29, 1.82) is 0 Å². The summed E-state index contributed by atoms with van der Waals surface area (Å²) in [5.74, 6) is -19.9. The number of ketones is 7. The summed E-state index contributed by atoms with van der Waals surface area (Å²) in [5.41, 5.74) is -13.2. The Labute approximate surface area is 449 Å². The number of aromatic hydroxyl groups is 9. The van der Waals surface area contributed by atoms with Crippen molar-refractivity contribution in [1.82, 2.24) is 0 Å². The summed E-state index contributed by atoms with van der Waals surface area (Å²) in [6.07, 6.45) is -4.59. The standard InChI is InChI=1S/C58H68O20/c1-10-15-32(59)37-45(67)24(20-26-43(65)28(49(71)38(47(26)69)33(60)16-11-2)22-30-51(73)40(35(62)18-13-4)55(77)57(6,7)53(30)75)42(64)25(46(37)68)21-27-44(66)29(50(72)39(48(27)70)34(61)17-12-3)23-31-52(74)41(36(63)19-14-5)56(78)58(8,9)54(31)76/h64-76H,10-23H2,1-9H3. The van der Waals surface area contributed by atoms with E-state index >= 15 is 0 Å². The molecule has 0 radical (unpaired) electrons. The van der Waals surface area contributed by atoms with Crippen molar-refractivity contribution in [3.8, 4) is 51.7 Å². The van der Waals surface area contributed by atoms with E-state index in [1.165, 1.54) is 27.7 Å². The molecule has 0 aliphatic heterocycles. The second-order valence-electron chi connectivity index (χ2n) is 20.7. The SMILES string of the molecule is CCCC(=O)C1=C(O)C(Cc2c(O)c(Cc3c(O)c(Cc4c(O)c(CC5=C(O)C(C)(C)C(=O)C(C(=O)CCC)=C5O)c(O)c(C(=O)CCC)c4O)c(O)c(C(=O)CCC)c3O)c(O)c(C(=O)CCC)c2O)=C(O)C(C)(C)C1=O. The van der Waals surface area contributed by atoms with Gasteiger partial charge in [0.05, 0.1) is 10.8 Å². The average Bonchev–Trinajstić information content (AvgIpc) is 3.53. The monoisotopic (exact) mass is 1080 g/mol. The zero-order valence-electron chi connectivity index (χ0n) is 45.1. The normalized spacial score (nSPS) is 15.4. The number of rotatable bonds is 23. The molecule has 420 valence electrons. The molecule has 2 aliphatic carbocycles. The number of hydrogen-bond acceptors (Lipinski definition) is 20. The lowest BCUT2D eigenvalue weighted by atomic mass is 9.73. The maximum absolute atomic E-state index is 13.9. The van der Waals surface area contributed by atoms with E-state index in [1.54, 1.807) is 34.6 Å². The van der Waals surface area contributed by atoms with Gasteiger partial charge in [0.15, 0.2) is 40.5 Å². The van der Waals surface area contributed by atoms with Gasteiger partial charge in [0.25, 0.3) is 0 Å². The fraction of sp³-hybridized carbons (Fsp3) is 0.431. The van der Waals surface area contributed by atoms with Gasteiger partial charge in [-0.25, -0.2) is 0 Å². The Morgan fingerprint density at radius 2 is 0.526 bits per heavy atom. The Kier molecular flexibility index (Phi) is 18.0. The summed E-state index contributed by atoms with van der Waals surface area (Å²) in [5, 5.41) is 153. The highest BCUT2D eigenvalue weighted by atomic mass is 16.3. The van der Waals surface area contributed by atoms with Crippen molar-refractivity contribution in [2.75, 3.05) is 0 Å². The van der Waals surface area contributed by atoms with Crippen LogP contribution in [0.15, 0.2) is 45.3 Å². The van der Waals surface area contributed by atoms with E-state index in [4.69, 9.17) is 0 Å². The molecule has 0 bridgehead atoms. The van der Waals surface area contributed by atoms with Crippen molar-refractivity contribution in [3.05, 3.63) is 95.4 Å². The van der Waals surface area contributed by atoms with E-state index in [0.717, 1.165) is 0 Å². The number of carbonyl (C=O) groups excluding carboxylic acids is 7. The number of hydrogen-bond donors (Lipinski definition) is 13. The molecule has 0 unspecified atom stereocenters. The minimum absolute atomic E-state index is 0.108. The van der Waals surface area contributed by atoms with Gasteiger partial charge >= 0.3 is 0 Å². The molecule has 2 aliphatic rings. The van der Waals surface area contributed by atoms with Gasteiger partial charge in [-0.1, -0.05) is 34.6 Å². The summed E-state index contributed by atoms with van der Waals surface area (Å²) in [7, 11) is 0. The van der Waals surface area contributed by atoms with Crippen LogP contribution in [0.2, 0.25) is 0 Å². The minimum Gasteiger partial charge on any atom is -0.511 e. The molecule has 20 nitrogen and oxygen atoms in total. The Bertz CT molecular complexity index is 3030. The van der Waals surface area contributed by atoms with Crippen LogP contribution in [0.4, 0.5) is 0 Å². The molecule has 0 fully saturated rings. The zero-order valence-corrected chi connectivity index (χ0v) is 45.1. The molecule has 5 rings (SSSR count). The van der Waals surface area contributed by atoms with Gasteiger partial charge in [0.2, 0.25) is 0 Å². The Balaban J connectivity index is 1.86. The molecule has 0 spiro atoms. The highest BCUT2D eigenvalue weighted by Gasteiger charge is 2.47. The van der Waals surface area contributed by atoms with Gasteiger partial charge < -0.3 is 66.4 Å². The molecular weight excluding hydrogens is 1020 g/mol. The number of benzene rings is 3. The lowest BCUT2D eigenvalue weighted by Crippen LogP contribution is -2.36. The summed E-state index contributed by atoms with van der Waals surface area (Å²) in [6, 6.07) is 0. The van der Waals surface area contributed by atoms with Gasteiger partial charge in [0.1, 0.15) is 103 Å². The molecule has 0 heterocycles. The largest absolute Gasteiger partial charge is 0.511 e. The molecule has 0 saturated heterocycles. The van der Waals surface area contributed by atoms with E-state index in [1.807, 2.05) is 0 Å². The lowest BCUT2D eigenvalue weighted by Gasteiger charge is -2.31. The molecular formula is C58H68O20. The molecule has 0 amide bonds. The predicted octanol–water partition coefficient (Wildman–Crippen LogP) is 9.46. The van der Waals surface area contributed by atoms with Gasteiger partial charge in [-0.3, -0.25) is 33.6 Å². The first-order chi connectivity index (χ1) is 36.4. The number of carbonyl (C=O) groups is 7. The Morgan fingerprint density at radius 3 is 0.744 bits per heavy atom. The van der Waals surface area contributed by atoms with Crippen LogP contribution in [0, 0.1) is 10.8 Å². The van der Waals surface area contributed by atoms with Gasteiger partial charge in [-0.05, 0) is 59.8 Å². The summed E-state index contributed by atoms with van der Waals surface area (Å²) in [4.78, 5) is 94.9. The number of aliphatic hydroxyl groups is 4. The predicted molar refractivity (Wildman–Crippen MR) is 281 cm³/mol. The maximum Gasteiger partial charge on any atom is 0.183 e. The van der Waals surface area contributed by atoms with E-state index < -0.39 is 224 Å². The van der Waals surface area contributed by atoms with Crippen LogP contribution in [0.3, 0.4) is 0 Å². The van der Waals surface area contributed by atoms with Crippen molar-refractivity contribution in [2.45, 2.75) is 152 Å². The molecule has 3 aromatic carbocycles. The Morgan fingerprint density at radius 1 is 0.321 bits per heavy atom. The lowest BCUT2D eigenvalue weighted by molar-refractivity contribution is -0.128. The second kappa shape index (κ2) is 23.1. The van der Waals surface area contributed by atoms with Gasteiger partial charge in [-0.15, -0.1) is 0 Å². The highest BCUT2D eigenvalue weighted by molar-refractivity contribution is 6.25. The molecule has 0 saturated carbocycles. The maximum atomic E-state index is 13.9. The smallest absolute Gasteiger partial charge is 0.183 e. The van der Waals surface area contributed by atoms with Crippen LogP contribution in [0.1, 0.15) is 191 Å². The topological polar surface area (TPSA) is 382 Å². The van der Waals surface area contributed by atoms with Crippen molar-refractivity contribution >= 4 is 40.5 Å². The first-order valence-electron chi connectivity index (χ1n) is 25.7. The number of allylic oxidation sites excluding steroid dienone is 6. The van der Waals surface area contributed by atoms with Crippen molar-refractivity contribution in [2.24, 2.45) is 10.8 Å². The third-order valence-electron chi connectivity index (χ3n) is 14.4. The number of Topliss-reactive ketones (excluding diaryl/α,β-unsaturated/α-hetero) is 7. The first kappa shape index (κ1) is 60.6. The van der Waals surface area contributed by atoms with Crippen LogP contribution < -0.4 is 0 Å². The quantitative estimate of drug-likeness (QED) is 0.0310. The van der Waals surface area contributed by atoms with Crippen molar-refractivity contribution in [3.63, 3.8) is 0 Å². The van der Waals surface area contributed by atoms with E-state index in [9.17, 15) is 99.9 Å². The van der Waals surface area contributed by atoms with Gasteiger partial charge in [0, 0.05) is 102 Å². The second-order valence-corrected chi connectivity index (χ2v) is 20.7. The zero-order chi connectivity index (χ0) is 59.0. The van der Waals surface area contributed by atoms with E-state index in [0.29, 0.717) is 0 Å². The molecule has 20 heteroatoms. The first-order valence-corrected chi connectivity index (χ1v) is 25.7. The fourth-order valence-electron chi connectivity index (χ4n) is 9.91. The van der Waals surface area contributed by atoms with E-state index in [2.05, 4.69) is 0 Å². The number of phenols is 9. The van der Waals surface area contributed by atoms with Crippen LogP contribution in [-0.4, -0.2) is 107 Å². The van der Waals surface area contributed by atoms with E-state index in [-0.39, 0.29) is 64.2 Å². The van der Waals surface area contributed by atoms with Crippen molar-refractivity contribution < 1.29 is 99.9 Å². The summed E-state index contributed by atoms with van der Waals surface area (Å²) < 4.78 is 0. The highest BCUT2D eigenvalue weighted by Crippen LogP contribution is 2.53. The molecule has 0 aromatic heterocycles.